The van der Waals surface area contributed by atoms with Gasteiger partial charge in [-0.25, -0.2) is 19.3 Å². The molecule has 4 heterocycles. The Morgan fingerprint density at radius 2 is 2.03 bits per heavy atom. The maximum atomic E-state index is 13.2. The van der Waals surface area contributed by atoms with Gasteiger partial charge in [0.15, 0.2) is 28.9 Å². The number of aryl methyl sites for hydroxylation is 1. The van der Waals surface area contributed by atoms with E-state index >= 15 is 0 Å². The van der Waals surface area contributed by atoms with Gasteiger partial charge in [-0.05, 0) is 18.2 Å². The highest BCUT2D eigenvalue weighted by Gasteiger charge is 2.20. The molecule has 3 N–H and O–H groups in total. The van der Waals surface area contributed by atoms with Crippen LogP contribution in [0.2, 0.25) is 0 Å². The highest BCUT2D eigenvalue weighted by Crippen LogP contribution is 2.35. The molecule has 0 aliphatic carbocycles. The third-order valence-corrected chi connectivity index (χ3v) is 4.31. The highest BCUT2D eigenvalue weighted by molar-refractivity contribution is 5.98. The van der Waals surface area contributed by atoms with Crippen molar-refractivity contribution in [2.45, 2.75) is 0 Å². The summed E-state index contributed by atoms with van der Waals surface area (Å²) >= 11 is 0. The van der Waals surface area contributed by atoms with Crippen molar-refractivity contribution in [1.82, 2.24) is 40.2 Å². The summed E-state index contributed by atoms with van der Waals surface area (Å²) in [7, 11) is 3.14. The number of nitrogens with zero attached hydrogens (tertiary/aromatic N) is 7. The third kappa shape index (κ3) is 4.66. The summed E-state index contributed by atoms with van der Waals surface area (Å²) in [6.45, 7) is -2.76. The van der Waals surface area contributed by atoms with Crippen LogP contribution in [0.1, 0.15) is 14.6 Å². The molecule has 0 bridgehead atoms. The maximum Gasteiger partial charge on any atom is 0.273 e. The minimum Gasteiger partial charge on any atom is -0.492 e. The molecule has 33 heavy (non-hydrogen) atoms. The van der Waals surface area contributed by atoms with Gasteiger partial charge in [-0.15, -0.1) is 10.2 Å². The van der Waals surface area contributed by atoms with Gasteiger partial charge in [0.05, 0.1) is 24.6 Å². The van der Waals surface area contributed by atoms with Gasteiger partial charge in [-0.2, -0.15) is 5.10 Å². The zero-order chi connectivity index (χ0) is 25.9. The first-order chi connectivity index (χ1) is 17.1. The van der Waals surface area contributed by atoms with Crippen molar-refractivity contribution in [2.75, 3.05) is 24.7 Å². The quantitative estimate of drug-likeness (QED) is 0.380. The molecule has 0 radical (unpaired) electrons. The van der Waals surface area contributed by atoms with Gasteiger partial charge in [-0.1, -0.05) is 0 Å². The number of amides is 1. The molecule has 0 unspecified atom stereocenters. The molecule has 168 valence electrons. The lowest BCUT2D eigenvalue weighted by atomic mass is 10.2. The lowest BCUT2D eigenvalue weighted by Crippen LogP contribution is -2.21. The predicted molar refractivity (Wildman–Crippen MR) is 117 cm³/mol. The van der Waals surface area contributed by atoms with Gasteiger partial charge in [0.1, 0.15) is 18.0 Å². The van der Waals surface area contributed by atoms with Crippen LogP contribution in [0.3, 0.4) is 0 Å². The molecular weight excluding hydrogens is 431 g/mol. The number of carbonyl (C=O) groups excluding carboxylic acids is 1. The number of hydrogen-bond acceptors (Lipinski definition) is 10. The Labute approximate surface area is 191 Å². The van der Waals surface area contributed by atoms with E-state index in [-0.39, 0.29) is 34.6 Å². The molecule has 0 saturated carbocycles. The van der Waals surface area contributed by atoms with Crippen molar-refractivity contribution in [3.63, 3.8) is 0 Å². The fourth-order valence-corrected chi connectivity index (χ4v) is 2.87. The molecule has 4 aromatic heterocycles. The van der Waals surface area contributed by atoms with Crippen molar-refractivity contribution in [3.8, 4) is 17.1 Å². The SMILES string of the molecule is [2H]C([2H])([2H])NC(=O)c1nnc(Nc2ccc(F)cn2)cc1Nc1nccc(-c2ncn(C)n2)c1OC. The lowest BCUT2D eigenvalue weighted by Gasteiger charge is -2.15. The van der Waals surface area contributed by atoms with E-state index < -0.39 is 18.7 Å². The first-order valence-electron chi connectivity index (χ1n) is 10.9. The molecule has 13 heteroatoms. The Morgan fingerprint density at radius 1 is 1.15 bits per heavy atom. The summed E-state index contributed by atoms with van der Waals surface area (Å²) in [5.41, 5.74) is 0.238. The second-order valence-electron chi connectivity index (χ2n) is 6.54. The van der Waals surface area contributed by atoms with Crippen molar-refractivity contribution in [2.24, 2.45) is 7.05 Å². The minimum absolute atomic E-state index is 0.0493. The van der Waals surface area contributed by atoms with Crippen molar-refractivity contribution < 1.29 is 18.0 Å². The number of nitrogens with one attached hydrogen (secondary N) is 3. The van der Waals surface area contributed by atoms with Gasteiger partial charge < -0.3 is 20.7 Å². The minimum atomic E-state index is -2.76. The van der Waals surface area contributed by atoms with E-state index in [0.717, 1.165) is 6.20 Å². The first-order valence-corrected chi connectivity index (χ1v) is 9.38. The number of methoxy groups -OCH3 is 1. The summed E-state index contributed by atoms with van der Waals surface area (Å²) in [6, 6.07) is 5.62. The molecule has 0 fully saturated rings. The molecule has 4 rings (SSSR count). The van der Waals surface area contributed by atoms with Crippen LogP contribution < -0.4 is 20.7 Å². The molecule has 0 aliphatic heterocycles. The number of carbonyl (C=O) groups is 1. The summed E-state index contributed by atoms with van der Waals surface area (Å²) in [6.07, 6.45) is 4.02. The standard InChI is InChI=1S/C20H19FN10O2/c1-22-20(32)16-13(8-15(28-29-16)27-14-5-4-11(21)9-24-14)26-19-17(33-3)12(6-7-23-19)18-25-10-31(2)30-18/h4-10H,1-3H3,(H,22,32)(H2,23,24,26,27,28)/i1D3. The van der Waals surface area contributed by atoms with E-state index in [2.05, 4.69) is 40.9 Å². The fourth-order valence-electron chi connectivity index (χ4n) is 2.87. The molecule has 1 amide bonds. The average molecular weight is 453 g/mol. The largest absolute Gasteiger partial charge is 0.492 e. The molecule has 0 aliphatic rings. The second-order valence-corrected chi connectivity index (χ2v) is 6.54. The number of halogens is 1. The van der Waals surface area contributed by atoms with E-state index in [1.165, 1.54) is 42.5 Å². The Morgan fingerprint density at radius 3 is 2.73 bits per heavy atom. The normalized spacial score (nSPS) is 12.3. The average Bonchev–Trinajstić information content (AvgIpc) is 3.25. The number of aromatic nitrogens is 7. The van der Waals surface area contributed by atoms with E-state index in [9.17, 15) is 9.18 Å². The smallest absolute Gasteiger partial charge is 0.273 e. The molecule has 0 aromatic carbocycles. The van der Waals surface area contributed by atoms with E-state index in [0.29, 0.717) is 11.4 Å². The lowest BCUT2D eigenvalue weighted by molar-refractivity contribution is 0.0958. The topological polar surface area (TPSA) is 145 Å². The number of rotatable bonds is 7. The molecule has 12 nitrogen and oxygen atoms in total. The van der Waals surface area contributed by atoms with Crippen LogP contribution in [0, 0.1) is 5.82 Å². The first kappa shape index (κ1) is 17.9. The number of anilines is 4. The molecule has 4 aromatic rings. The van der Waals surface area contributed by atoms with Crippen LogP contribution >= 0.6 is 0 Å². The highest BCUT2D eigenvalue weighted by atomic mass is 19.1. The predicted octanol–water partition coefficient (Wildman–Crippen LogP) is 2.06. The number of pyridine rings is 2. The van der Waals surface area contributed by atoms with Crippen LogP contribution in [0.15, 0.2) is 43.0 Å². The van der Waals surface area contributed by atoms with Gasteiger partial charge in [0.25, 0.3) is 5.91 Å². The van der Waals surface area contributed by atoms with Crippen LogP contribution in [0.4, 0.5) is 27.5 Å². The Kier molecular flexibility index (Phi) is 5.01. The van der Waals surface area contributed by atoms with E-state index in [1.54, 1.807) is 13.1 Å². The van der Waals surface area contributed by atoms with Gasteiger partial charge in [0, 0.05) is 30.4 Å². The van der Waals surface area contributed by atoms with Gasteiger partial charge in [0.2, 0.25) is 0 Å². The van der Waals surface area contributed by atoms with Gasteiger partial charge in [-0.3, -0.25) is 9.48 Å². The van der Waals surface area contributed by atoms with Crippen molar-refractivity contribution in [1.29, 1.82) is 0 Å². The summed E-state index contributed by atoms with van der Waals surface area (Å²) < 4.78 is 42.2. The fraction of sp³-hybridized carbons (Fsp3) is 0.150. The van der Waals surface area contributed by atoms with Crippen LogP contribution in [-0.4, -0.2) is 54.9 Å². The molecule has 0 saturated heterocycles. The van der Waals surface area contributed by atoms with Crippen molar-refractivity contribution >= 4 is 29.0 Å². The van der Waals surface area contributed by atoms with Crippen LogP contribution in [-0.2, 0) is 7.05 Å². The Hall–Kier alpha value is -4.68. The zero-order valence-corrected chi connectivity index (χ0v) is 17.4. The zero-order valence-electron chi connectivity index (χ0n) is 20.4. The van der Waals surface area contributed by atoms with Crippen LogP contribution in [0.5, 0.6) is 5.75 Å². The molecular formula is C20H19FN10O2. The monoisotopic (exact) mass is 453 g/mol. The Balaban J connectivity index is 1.74. The van der Waals surface area contributed by atoms with E-state index in [4.69, 9.17) is 8.85 Å². The Bertz CT molecular complexity index is 1400. The summed E-state index contributed by atoms with van der Waals surface area (Å²) in [4.78, 5) is 25.0. The summed E-state index contributed by atoms with van der Waals surface area (Å²) in [5.74, 6) is -0.331. The molecule has 0 spiro atoms. The van der Waals surface area contributed by atoms with E-state index in [1.807, 2.05) is 5.32 Å². The maximum absolute atomic E-state index is 13.2. The second kappa shape index (κ2) is 9.21. The molecule has 0 atom stereocenters. The van der Waals surface area contributed by atoms with Gasteiger partial charge >= 0.3 is 0 Å². The number of ether oxygens (including phenoxy) is 1. The third-order valence-electron chi connectivity index (χ3n) is 4.31. The summed E-state index contributed by atoms with van der Waals surface area (Å²) in [5, 5.41) is 19.7. The van der Waals surface area contributed by atoms with Crippen molar-refractivity contribution in [3.05, 3.63) is 54.5 Å². The number of hydrogen-bond donors (Lipinski definition) is 3. The van der Waals surface area contributed by atoms with Crippen LogP contribution in [0.25, 0.3) is 11.4 Å².